The first-order chi connectivity index (χ1) is 13.4. The van der Waals surface area contributed by atoms with Crippen LogP contribution in [0, 0.1) is 16.7 Å². The first-order valence-corrected chi connectivity index (χ1v) is 9.05. The molecule has 2 amide bonds. The first-order valence-electron chi connectivity index (χ1n) is 9.05. The van der Waals surface area contributed by atoms with E-state index in [1.54, 1.807) is 55.5 Å². The van der Waals surface area contributed by atoms with Crippen LogP contribution in [0.4, 0.5) is 17.5 Å². The molecular weight excluding hydrogens is 356 g/mol. The van der Waals surface area contributed by atoms with Crippen molar-refractivity contribution in [2.75, 3.05) is 30.9 Å². The molecule has 8 nitrogen and oxygen atoms in total. The topological polar surface area (TPSA) is 102 Å². The monoisotopic (exact) mass is 378 g/mol. The second-order valence-corrected chi connectivity index (χ2v) is 6.89. The third-order valence-electron chi connectivity index (χ3n) is 4.95. The molecule has 1 fully saturated rings. The summed E-state index contributed by atoms with van der Waals surface area (Å²) in [5.41, 5.74) is 0.341. The molecule has 0 aliphatic carbocycles. The molecule has 1 aromatic carbocycles. The van der Waals surface area contributed by atoms with Crippen molar-refractivity contribution in [1.29, 1.82) is 5.26 Å². The smallest absolute Gasteiger partial charge is 0.253 e. The number of amides is 2. The Morgan fingerprint density at radius 1 is 1.32 bits per heavy atom. The summed E-state index contributed by atoms with van der Waals surface area (Å²) in [6.07, 6.45) is 2.54. The molecule has 8 heteroatoms. The predicted octanol–water partition coefficient (Wildman–Crippen LogP) is 2.58. The highest BCUT2D eigenvalue weighted by Gasteiger charge is 2.46. The molecule has 0 unspecified atom stereocenters. The average molecular weight is 378 g/mol. The van der Waals surface area contributed by atoms with Crippen LogP contribution in [0.5, 0.6) is 0 Å². The van der Waals surface area contributed by atoms with Gasteiger partial charge in [-0.05, 0) is 43.2 Å². The molecule has 144 valence electrons. The fourth-order valence-electron chi connectivity index (χ4n) is 3.14. The van der Waals surface area contributed by atoms with Crippen LogP contribution >= 0.6 is 0 Å². The third kappa shape index (κ3) is 3.51. The summed E-state index contributed by atoms with van der Waals surface area (Å²) in [5.74, 6) is 0.512. The van der Waals surface area contributed by atoms with E-state index in [0.29, 0.717) is 36.7 Å². The van der Waals surface area contributed by atoms with Crippen molar-refractivity contribution in [1.82, 2.24) is 14.9 Å². The number of nitrogens with one attached hydrogen (secondary N) is 1. The van der Waals surface area contributed by atoms with Crippen molar-refractivity contribution in [3.63, 3.8) is 0 Å². The Hall–Kier alpha value is -3.47. The maximum atomic E-state index is 12.7. The van der Waals surface area contributed by atoms with E-state index in [0.717, 1.165) is 5.69 Å². The average Bonchev–Trinajstić information content (AvgIpc) is 3.05. The number of nitriles is 1. The lowest BCUT2D eigenvalue weighted by Crippen LogP contribution is -2.33. The van der Waals surface area contributed by atoms with Crippen LogP contribution in [-0.2, 0) is 4.79 Å². The maximum Gasteiger partial charge on any atom is 0.253 e. The van der Waals surface area contributed by atoms with Crippen LogP contribution in [0.2, 0.25) is 0 Å². The van der Waals surface area contributed by atoms with E-state index in [4.69, 9.17) is 0 Å². The zero-order valence-corrected chi connectivity index (χ0v) is 16.1. The Labute approximate surface area is 163 Å². The molecule has 1 aliphatic heterocycles. The Kier molecular flexibility index (Phi) is 5.27. The number of hydrogen-bond donors (Lipinski definition) is 1. The lowest BCUT2D eigenvalue weighted by atomic mass is 9.85. The number of hydrogen-bond acceptors (Lipinski definition) is 6. The minimum absolute atomic E-state index is 0.0748. The Morgan fingerprint density at radius 2 is 2.04 bits per heavy atom. The number of benzene rings is 1. The largest absolute Gasteiger partial charge is 0.345 e. The highest BCUT2D eigenvalue weighted by Crippen LogP contribution is 2.36. The molecule has 0 radical (unpaired) electrons. The zero-order valence-electron chi connectivity index (χ0n) is 16.1. The van der Waals surface area contributed by atoms with Crippen LogP contribution in [0.25, 0.3) is 0 Å². The molecule has 0 saturated carbocycles. The van der Waals surface area contributed by atoms with Crippen LogP contribution in [0.15, 0.2) is 36.5 Å². The highest BCUT2D eigenvalue weighted by atomic mass is 16.2. The number of nitrogens with zero attached hydrogens (tertiary/aromatic N) is 5. The summed E-state index contributed by atoms with van der Waals surface area (Å²) < 4.78 is 0. The van der Waals surface area contributed by atoms with Crippen LogP contribution in [0.1, 0.15) is 30.1 Å². The quantitative estimate of drug-likeness (QED) is 0.858. The molecule has 2 aromatic rings. The van der Waals surface area contributed by atoms with Gasteiger partial charge in [-0.15, -0.1) is 0 Å². The van der Waals surface area contributed by atoms with Crippen LogP contribution in [0.3, 0.4) is 0 Å². The van der Waals surface area contributed by atoms with Gasteiger partial charge in [0.1, 0.15) is 11.2 Å². The number of rotatable bonds is 5. The van der Waals surface area contributed by atoms with E-state index >= 15 is 0 Å². The first kappa shape index (κ1) is 19.3. The van der Waals surface area contributed by atoms with Gasteiger partial charge in [0.15, 0.2) is 0 Å². The highest BCUT2D eigenvalue weighted by molar-refractivity contribution is 6.01. The fraction of sp³-hybridized carbons (Fsp3) is 0.350. The lowest BCUT2D eigenvalue weighted by Gasteiger charge is -2.19. The summed E-state index contributed by atoms with van der Waals surface area (Å²) in [4.78, 5) is 36.3. The van der Waals surface area contributed by atoms with Gasteiger partial charge in [0.2, 0.25) is 11.9 Å². The fourth-order valence-corrected chi connectivity index (χ4v) is 3.14. The predicted molar refractivity (Wildman–Crippen MR) is 105 cm³/mol. The van der Waals surface area contributed by atoms with Gasteiger partial charge in [-0.25, -0.2) is 4.98 Å². The minimum atomic E-state index is -0.965. The van der Waals surface area contributed by atoms with Crippen molar-refractivity contribution in [2.24, 2.45) is 5.41 Å². The van der Waals surface area contributed by atoms with E-state index in [9.17, 15) is 14.9 Å². The Bertz CT molecular complexity index is 934. The molecule has 1 N–H and O–H groups in total. The summed E-state index contributed by atoms with van der Waals surface area (Å²) in [5, 5.41) is 12.5. The summed E-state index contributed by atoms with van der Waals surface area (Å²) >= 11 is 0. The molecule has 1 aromatic heterocycles. The maximum absolute atomic E-state index is 12.7. The number of aromatic nitrogens is 2. The van der Waals surface area contributed by atoms with Crippen molar-refractivity contribution in [2.45, 2.75) is 19.8 Å². The van der Waals surface area contributed by atoms with E-state index in [2.05, 4.69) is 21.4 Å². The normalized spacial score (nSPS) is 18.6. The van der Waals surface area contributed by atoms with Gasteiger partial charge < -0.3 is 10.2 Å². The lowest BCUT2D eigenvalue weighted by molar-refractivity contribution is -0.123. The van der Waals surface area contributed by atoms with E-state index in [1.807, 2.05) is 6.92 Å². The van der Waals surface area contributed by atoms with Gasteiger partial charge in [0.25, 0.3) is 5.91 Å². The molecule has 0 spiro atoms. The molecule has 2 heterocycles. The molecule has 1 aliphatic rings. The second-order valence-electron chi connectivity index (χ2n) is 6.89. The van der Waals surface area contributed by atoms with Gasteiger partial charge in [-0.1, -0.05) is 6.92 Å². The number of carbonyl (C=O) groups excluding carboxylic acids is 2. The number of anilines is 3. The summed E-state index contributed by atoms with van der Waals surface area (Å²) in [7, 11) is 3.40. The van der Waals surface area contributed by atoms with Gasteiger partial charge in [-0.3, -0.25) is 14.5 Å². The van der Waals surface area contributed by atoms with Gasteiger partial charge >= 0.3 is 0 Å². The van der Waals surface area contributed by atoms with E-state index in [-0.39, 0.29) is 11.8 Å². The van der Waals surface area contributed by atoms with Crippen molar-refractivity contribution >= 4 is 29.3 Å². The van der Waals surface area contributed by atoms with Crippen molar-refractivity contribution in [3.8, 4) is 6.07 Å². The molecule has 3 rings (SSSR count). The van der Waals surface area contributed by atoms with Gasteiger partial charge in [-0.2, -0.15) is 10.2 Å². The van der Waals surface area contributed by atoms with Crippen LogP contribution in [-0.4, -0.2) is 47.3 Å². The van der Waals surface area contributed by atoms with Crippen molar-refractivity contribution in [3.05, 3.63) is 42.1 Å². The van der Waals surface area contributed by atoms with Gasteiger partial charge in [0.05, 0.1) is 6.07 Å². The van der Waals surface area contributed by atoms with Crippen LogP contribution < -0.4 is 10.2 Å². The third-order valence-corrected chi connectivity index (χ3v) is 4.95. The number of carbonyl (C=O) groups is 2. The summed E-state index contributed by atoms with van der Waals surface area (Å²) in [6, 6.07) is 10.8. The zero-order chi connectivity index (χ0) is 20.3. The minimum Gasteiger partial charge on any atom is -0.345 e. The SMILES string of the molecule is CC[C@]1(C#N)CCN(c2ccnc(Nc3ccc(C(=O)N(C)C)cc3)n2)C1=O. The molecule has 1 saturated heterocycles. The van der Waals surface area contributed by atoms with Crippen molar-refractivity contribution < 1.29 is 9.59 Å². The Balaban J connectivity index is 1.77. The standard InChI is InChI=1S/C20H22N6O2/c1-4-20(13-21)10-12-26(18(20)28)16-9-11-22-19(24-16)23-15-7-5-14(6-8-15)17(27)25(2)3/h5-9,11H,4,10,12H2,1-3H3,(H,22,23,24)/t20-/m1/s1. The molecular formula is C20H22N6O2. The summed E-state index contributed by atoms with van der Waals surface area (Å²) in [6.45, 7) is 2.31. The van der Waals surface area contributed by atoms with E-state index < -0.39 is 5.41 Å². The molecule has 1 atom stereocenters. The molecule has 0 bridgehead atoms. The van der Waals surface area contributed by atoms with E-state index in [1.165, 1.54) is 4.90 Å². The molecule has 28 heavy (non-hydrogen) atoms. The Morgan fingerprint density at radius 3 is 2.61 bits per heavy atom. The van der Waals surface area contributed by atoms with Gasteiger partial charge in [0, 0.05) is 38.1 Å². The second kappa shape index (κ2) is 7.64.